The molecule has 0 spiro atoms. The maximum atomic E-state index is 13.5. The smallest absolute Gasteiger partial charge is 0.270 e. The molecule has 37 heavy (non-hydrogen) atoms. The van der Waals surface area contributed by atoms with Crippen LogP contribution in [0.2, 0.25) is 0 Å². The van der Waals surface area contributed by atoms with E-state index in [0.29, 0.717) is 34.3 Å². The van der Waals surface area contributed by atoms with Crippen LogP contribution < -0.4 is 10.5 Å². The van der Waals surface area contributed by atoms with Crippen LogP contribution in [0.4, 0.5) is 5.82 Å². The summed E-state index contributed by atoms with van der Waals surface area (Å²) in [6, 6.07) is 12.2. The van der Waals surface area contributed by atoms with E-state index in [1.54, 1.807) is 9.47 Å². The fraction of sp³-hybridized carbons (Fsp3) is 0.429. The third kappa shape index (κ3) is 5.82. The van der Waals surface area contributed by atoms with E-state index in [1.807, 2.05) is 43.3 Å². The van der Waals surface area contributed by atoms with E-state index < -0.39 is 0 Å². The number of likely N-dealkylation sites (N-methyl/N-ethyl adjacent to an activating group) is 1. The molecule has 7 nitrogen and oxygen atoms in total. The molecule has 2 aliphatic rings. The average molecular weight is 536 g/mol. The number of nitriles is 1. The lowest BCUT2D eigenvalue weighted by Crippen LogP contribution is -2.47. The second-order valence-corrected chi connectivity index (χ2v) is 11.2. The number of rotatable bonds is 8. The second-order valence-electron chi connectivity index (χ2n) is 9.52. The molecule has 0 unspecified atom stereocenters. The molecule has 0 aliphatic carbocycles. The predicted molar refractivity (Wildman–Crippen MR) is 155 cm³/mol. The first-order chi connectivity index (χ1) is 17.8. The Hall–Kier alpha value is -2.93. The molecule has 194 valence electrons. The van der Waals surface area contributed by atoms with E-state index in [0.717, 1.165) is 56.0 Å². The number of carbonyl (C=O) groups excluding carboxylic acids is 1. The van der Waals surface area contributed by atoms with Crippen LogP contribution >= 0.6 is 24.0 Å². The minimum atomic E-state index is -0.255. The Labute approximate surface area is 228 Å². The molecule has 2 saturated heterocycles. The average Bonchev–Trinajstić information content (AvgIpc) is 3.17. The SMILES string of the molecule is CCCCn1c(N2CCN(C)CC2)c(/C=C2\SC(=S)N(CCc3ccccc3)C2=O)c(C)c(C#N)c1=O. The van der Waals surface area contributed by atoms with Gasteiger partial charge in [0.25, 0.3) is 11.5 Å². The number of thioether (sulfide) groups is 1. The summed E-state index contributed by atoms with van der Waals surface area (Å²) in [5, 5.41) is 9.88. The van der Waals surface area contributed by atoms with Crippen LogP contribution in [0.1, 0.15) is 42.0 Å². The molecule has 1 aromatic heterocycles. The Morgan fingerprint density at radius 3 is 2.46 bits per heavy atom. The van der Waals surface area contributed by atoms with Crippen molar-refractivity contribution in [2.45, 2.75) is 39.7 Å². The number of nitrogens with zero attached hydrogens (tertiary/aromatic N) is 5. The van der Waals surface area contributed by atoms with Gasteiger partial charge in [-0.2, -0.15) is 5.26 Å². The number of pyridine rings is 1. The van der Waals surface area contributed by atoms with Crippen molar-refractivity contribution in [2.75, 3.05) is 44.7 Å². The third-order valence-corrected chi connectivity index (χ3v) is 8.38. The summed E-state index contributed by atoms with van der Waals surface area (Å²) in [7, 11) is 2.09. The predicted octanol–water partition coefficient (Wildman–Crippen LogP) is 4.02. The van der Waals surface area contributed by atoms with Gasteiger partial charge in [0.2, 0.25) is 0 Å². The molecule has 4 rings (SSSR count). The molecule has 0 bridgehead atoms. The molecule has 0 atom stereocenters. The number of thiocarbonyl (C=S) groups is 1. The van der Waals surface area contributed by atoms with E-state index >= 15 is 0 Å². The minimum absolute atomic E-state index is 0.125. The molecule has 0 saturated carbocycles. The number of piperazine rings is 1. The van der Waals surface area contributed by atoms with Gasteiger partial charge >= 0.3 is 0 Å². The zero-order valence-electron chi connectivity index (χ0n) is 21.7. The van der Waals surface area contributed by atoms with Gasteiger partial charge in [0.1, 0.15) is 21.8 Å². The first-order valence-corrected chi connectivity index (χ1v) is 14.0. The topological polar surface area (TPSA) is 72.6 Å². The number of benzene rings is 1. The van der Waals surface area contributed by atoms with Crippen molar-refractivity contribution in [2.24, 2.45) is 0 Å². The Morgan fingerprint density at radius 1 is 1.11 bits per heavy atom. The summed E-state index contributed by atoms with van der Waals surface area (Å²) in [6.07, 6.45) is 4.33. The van der Waals surface area contributed by atoms with Crippen molar-refractivity contribution >= 4 is 46.1 Å². The monoisotopic (exact) mass is 535 g/mol. The zero-order valence-corrected chi connectivity index (χ0v) is 23.3. The lowest BCUT2D eigenvalue weighted by Gasteiger charge is -2.36. The van der Waals surface area contributed by atoms with E-state index in [9.17, 15) is 14.9 Å². The lowest BCUT2D eigenvalue weighted by molar-refractivity contribution is -0.122. The van der Waals surface area contributed by atoms with Crippen LogP contribution in [0, 0.1) is 18.3 Å². The molecule has 0 N–H and O–H groups in total. The highest BCUT2D eigenvalue weighted by molar-refractivity contribution is 8.26. The Morgan fingerprint density at radius 2 is 1.81 bits per heavy atom. The fourth-order valence-corrected chi connectivity index (χ4v) is 6.03. The normalized spacial score (nSPS) is 17.6. The number of unbranched alkanes of at least 4 members (excludes halogenated alkanes) is 1. The molecular weight excluding hydrogens is 502 g/mol. The summed E-state index contributed by atoms with van der Waals surface area (Å²) in [6.45, 7) is 8.23. The van der Waals surface area contributed by atoms with Crippen LogP contribution in [0.5, 0.6) is 0 Å². The molecule has 1 aromatic carbocycles. The summed E-state index contributed by atoms with van der Waals surface area (Å²) < 4.78 is 2.29. The standard InChI is InChI=1S/C28H33N5O2S2/c1-4-5-12-32-25(31-16-14-30(3)15-17-31)22(20(2)23(19-29)26(32)34)18-24-27(35)33(28(36)37-24)13-11-21-9-7-6-8-10-21/h6-10,18H,4-5,11-17H2,1-3H3/b24-18-. The van der Waals surface area contributed by atoms with E-state index in [-0.39, 0.29) is 17.0 Å². The molecule has 2 aromatic rings. The van der Waals surface area contributed by atoms with Crippen molar-refractivity contribution < 1.29 is 4.79 Å². The molecule has 0 radical (unpaired) electrons. The highest BCUT2D eigenvalue weighted by Gasteiger charge is 2.33. The highest BCUT2D eigenvalue weighted by atomic mass is 32.2. The lowest BCUT2D eigenvalue weighted by atomic mass is 10.0. The fourth-order valence-electron chi connectivity index (χ4n) is 4.74. The largest absolute Gasteiger partial charge is 0.355 e. The van der Waals surface area contributed by atoms with Crippen LogP contribution in [-0.2, 0) is 17.8 Å². The van der Waals surface area contributed by atoms with Crippen molar-refractivity contribution in [1.82, 2.24) is 14.4 Å². The summed E-state index contributed by atoms with van der Waals surface area (Å²) in [5.41, 5.74) is 2.41. The van der Waals surface area contributed by atoms with Crippen LogP contribution in [-0.4, -0.2) is 64.4 Å². The summed E-state index contributed by atoms with van der Waals surface area (Å²) in [5.74, 6) is 0.678. The number of hydrogen-bond acceptors (Lipinski definition) is 7. The van der Waals surface area contributed by atoms with Gasteiger partial charge in [-0.1, -0.05) is 67.7 Å². The van der Waals surface area contributed by atoms with Gasteiger partial charge in [-0.3, -0.25) is 19.1 Å². The van der Waals surface area contributed by atoms with Gasteiger partial charge in [-0.15, -0.1) is 0 Å². The van der Waals surface area contributed by atoms with Gasteiger partial charge in [0.15, 0.2) is 0 Å². The zero-order chi connectivity index (χ0) is 26.5. The van der Waals surface area contributed by atoms with Gasteiger partial charge < -0.3 is 9.80 Å². The highest BCUT2D eigenvalue weighted by Crippen LogP contribution is 2.36. The maximum absolute atomic E-state index is 13.5. The number of amides is 1. The van der Waals surface area contributed by atoms with Gasteiger partial charge in [0.05, 0.1) is 4.91 Å². The number of hydrogen-bond donors (Lipinski definition) is 0. The van der Waals surface area contributed by atoms with E-state index in [4.69, 9.17) is 12.2 Å². The first kappa shape index (κ1) is 27.1. The summed E-state index contributed by atoms with van der Waals surface area (Å²) in [4.78, 5) is 33.5. The van der Waals surface area contributed by atoms with Crippen molar-refractivity contribution in [3.63, 3.8) is 0 Å². The van der Waals surface area contributed by atoms with E-state index in [1.165, 1.54) is 11.8 Å². The van der Waals surface area contributed by atoms with Crippen molar-refractivity contribution in [3.05, 3.63) is 67.8 Å². The number of anilines is 1. The van der Waals surface area contributed by atoms with Crippen LogP contribution in [0.15, 0.2) is 40.0 Å². The molecule has 2 aliphatic heterocycles. The minimum Gasteiger partial charge on any atom is -0.355 e. The molecular formula is C28H33N5O2S2. The third-order valence-electron chi connectivity index (χ3n) is 7.00. The van der Waals surface area contributed by atoms with Crippen molar-refractivity contribution in [3.8, 4) is 6.07 Å². The Kier molecular flexibility index (Phi) is 8.85. The molecule has 1 amide bonds. The van der Waals surface area contributed by atoms with E-state index in [2.05, 4.69) is 29.8 Å². The molecule has 9 heteroatoms. The second kappa shape index (κ2) is 12.1. The Balaban J connectivity index is 1.76. The first-order valence-electron chi connectivity index (χ1n) is 12.8. The molecule has 2 fully saturated rings. The quantitative estimate of drug-likeness (QED) is 0.373. The van der Waals surface area contributed by atoms with Gasteiger partial charge in [-0.25, -0.2) is 0 Å². The number of aromatic nitrogens is 1. The summed E-state index contributed by atoms with van der Waals surface area (Å²) >= 11 is 6.88. The molecule has 3 heterocycles. The van der Waals surface area contributed by atoms with Crippen LogP contribution in [0.3, 0.4) is 0 Å². The van der Waals surface area contributed by atoms with Crippen LogP contribution in [0.25, 0.3) is 6.08 Å². The van der Waals surface area contributed by atoms with Gasteiger partial charge in [0, 0.05) is 44.8 Å². The van der Waals surface area contributed by atoms with Gasteiger partial charge in [-0.05, 0) is 44.0 Å². The van der Waals surface area contributed by atoms with Crippen molar-refractivity contribution in [1.29, 1.82) is 5.26 Å². The maximum Gasteiger partial charge on any atom is 0.270 e. The Bertz CT molecular complexity index is 1300. The number of carbonyl (C=O) groups is 1.